The summed E-state index contributed by atoms with van der Waals surface area (Å²) in [5.74, 6) is -0.0161. The zero-order chi connectivity index (χ0) is 9.14. The third-order valence-electron chi connectivity index (χ3n) is 1.42. The van der Waals surface area contributed by atoms with E-state index in [4.69, 9.17) is 21.1 Å². The van der Waals surface area contributed by atoms with E-state index in [-0.39, 0.29) is 10.8 Å². The first kappa shape index (κ1) is 9.13. The quantitative estimate of drug-likeness (QED) is 0.714. The second kappa shape index (κ2) is 3.63. The molecule has 66 valence electrons. The fourth-order valence-electron chi connectivity index (χ4n) is 0.807. The summed E-state index contributed by atoms with van der Waals surface area (Å²) in [4.78, 5) is 0. The van der Waals surface area contributed by atoms with Crippen LogP contribution < -0.4 is 9.47 Å². The van der Waals surface area contributed by atoms with Crippen LogP contribution in [0.25, 0.3) is 0 Å². The van der Waals surface area contributed by atoms with Crippen molar-refractivity contribution in [3.05, 3.63) is 23.0 Å². The van der Waals surface area contributed by atoms with Crippen molar-refractivity contribution in [1.29, 1.82) is 0 Å². The lowest BCUT2D eigenvalue weighted by Gasteiger charge is -2.05. The monoisotopic (exact) mass is 190 g/mol. The van der Waals surface area contributed by atoms with E-state index in [1.807, 2.05) is 0 Å². The van der Waals surface area contributed by atoms with Gasteiger partial charge in [0.05, 0.1) is 19.2 Å². The van der Waals surface area contributed by atoms with Gasteiger partial charge in [-0.3, -0.25) is 0 Å². The summed E-state index contributed by atoms with van der Waals surface area (Å²) >= 11 is 5.54. The molecule has 0 amide bonds. The summed E-state index contributed by atoms with van der Waals surface area (Å²) < 4.78 is 22.6. The first-order valence-electron chi connectivity index (χ1n) is 3.26. The molecular formula is C8H8ClFO2. The Morgan fingerprint density at radius 3 is 2.42 bits per heavy atom. The molecule has 4 heteroatoms. The Morgan fingerprint density at radius 1 is 1.25 bits per heavy atom. The van der Waals surface area contributed by atoms with Gasteiger partial charge in [0, 0.05) is 12.1 Å². The molecule has 1 aromatic carbocycles. The van der Waals surface area contributed by atoms with E-state index >= 15 is 0 Å². The molecule has 12 heavy (non-hydrogen) atoms. The van der Waals surface area contributed by atoms with Gasteiger partial charge in [-0.15, -0.1) is 0 Å². The molecule has 0 unspecified atom stereocenters. The van der Waals surface area contributed by atoms with Crippen molar-refractivity contribution in [1.82, 2.24) is 0 Å². The number of rotatable bonds is 2. The van der Waals surface area contributed by atoms with E-state index in [2.05, 4.69) is 0 Å². The topological polar surface area (TPSA) is 18.5 Å². The highest BCUT2D eigenvalue weighted by Crippen LogP contribution is 2.29. The van der Waals surface area contributed by atoms with Crippen molar-refractivity contribution in [3.8, 4) is 11.5 Å². The maximum Gasteiger partial charge on any atom is 0.183 e. The van der Waals surface area contributed by atoms with Crippen LogP contribution in [0.15, 0.2) is 12.1 Å². The van der Waals surface area contributed by atoms with Gasteiger partial charge in [-0.1, -0.05) is 11.6 Å². The molecular weight excluding hydrogens is 183 g/mol. The maximum absolute atomic E-state index is 13.0. The average molecular weight is 191 g/mol. The molecule has 0 aliphatic carbocycles. The largest absolute Gasteiger partial charge is 0.497 e. The van der Waals surface area contributed by atoms with Crippen molar-refractivity contribution < 1.29 is 13.9 Å². The molecule has 0 heterocycles. The molecule has 0 saturated carbocycles. The average Bonchev–Trinajstić information content (AvgIpc) is 2.09. The van der Waals surface area contributed by atoms with E-state index in [1.165, 1.54) is 26.4 Å². The molecule has 2 nitrogen and oxygen atoms in total. The van der Waals surface area contributed by atoms with Crippen LogP contribution >= 0.6 is 11.6 Å². The van der Waals surface area contributed by atoms with Gasteiger partial charge >= 0.3 is 0 Å². The molecule has 1 rings (SSSR count). The SMILES string of the molecule is COc1cc(Cl)c(F)c(OC)c1. The van der Waals surface area contributed by atoms with Crippen LogP contribution in [0.2, 0.25) is 5.02 Å². The number of benzene rings is 1. The van der Waals surface area contributed by atoms with Gasteiger partial charge < -0.3 is 9.47 Å². The fourth-order valence-corrected chi connectivity index (χ4v) is 1.01. The third kappa shape index (κ3) is 1.61. The lowest BCUT2D eigenvalue weighted by Crippen LogP contribution is -1.91. The van der Waals surface area contributed by atoms with Crippen LogP contribution in [0, 0.1) is 5.82 Å². The smallest absolute Gasteiger partial charge is 0.183 e. The van der Waals surface area contributed by atoms with E-state index < -0.39 is 5.82 Å². The Hall–Kier alpha value is -0.960. The van der Waals surface area contributed by atoms with Crippen LogP contribution in [-0.4, -0.2) is 14.2 Å². The lowest BCUT2D eigenvalue weighted by molar-refractivity contribution is 0.374. The van der Waals surface area contributed by atoms with Gasteiger partial charge in [-0.2, -0.15) is 0 Å². The Balaban J connectivity index is 3.19. The summed E-state index contributed by atoms with van der Waals surface area (Å²) in [6.07, 6.45) is 0. The fraction of sp³-hybridized carbons (Fsp3) is 0.250. The third-order valence-corrected chi connectivity index (χ3v) is 1.70. The van der Waals surface area contributed by atoms with Crippen molar-refractivity contribution in [3.63, 3.8) is 0 Å². The predicted molar refractivity (Wildman–Crippen MR) is 44.5 cm³/mol. The molecule has 0 radical (unpaired) electrons. The Labute approximate surface area is 74.9 Å². The summed E-state index contributed by atoms with van der Waals surface area (Å²) in [6, 6.07) is 2.82. The highest BCUT2D eigenvalue weighted by Gasteiger charge is 2.09. The molecule has 0 fully saturated rings. The zero-order valence-electron chi connectivity index (χ0n) is 6.73. The second-order valence-corrected chi connectivity index (χ2v) is 2.53. The molecule has 0 aliphatic rings. The number of halogens is 2. The standard InChI is InChI=1S/C8H8ClFO2/c1-11-5-3-6(9)8(10)7(4-5)12-2/h3-4H,1-2H3. The Bertz CT molecular complexity index is 289. The van der Waals surface area contributed by atoms with Gasteiger partial charge in [0.1, 0.15) is 5.75 Å². The molecule has 0 aromatic heterocycles. The van der Waals surface area contributed by atoms with E-state index in [0.29, 0.717) is 5.75 Å². The Kier molecular flexibility index (Phi) is 2.76. The van der Waals surface area contributed by atoms with Crippen LogP contribution in [0.5, 0.6) is 11.5 Å². The molecule has 0 bridgehead atoms. The minimum absolute atomic E-state index is 0.00815. The van der Waals surface area contributed by atoms with Gasteiger partial charge in [-0.25, -0.2) is 4.39 Å². The number of hydrogen-bond donors (Lipinski definition) is 0. The van der Waals surface area contributed by atoms with E-state index in [0.717, 1.165) is 0 Å². The van der Waals surface area contributed by atoms with Crippen molar-refractivity contribution >= 4 is 11.6 Å². The molecule has 0 aliphatic heterocycles. The molecule has 1 aromatic rings. The second-order valence-electron chi connectivity index (χ2n) is 2.13. The van der Waals surface area contributed by atoms with Crippen molar-refractivity contribution in [2.75, 3.05) is 14.2 Å². The van der Waals surface area contributed by atoms with Crippen LogP contribution in [-0.2, 0) is 0 Å². The van der Waals surface area contributed by atoms with Gasteiger partial charge in [0.15, 0.2) is 11.6 Å². The lowest BCUT2D eigenvalue weighted by atomic mass is 10.3. The van der Waals surface area contributed by atoms with Crippen LogP contribution in [0.1, 0.15) is 0 Å². The van der Waals surface area contributed by atoms with Gasteiger partial charge in [-0.05, 0) is 0 Å². The molecule has 0 atom stereocenters. The van der Waals surface area contributed by atoms with E-state index in [1.54, 1.807) is 0 Å². The van der Waals surface area contributed by atoms with Gasteiger partial charge in [0.25, 0.3) is 0 Å². The molecule has 0 N–H and O–H groups in total. The summed E-state index contributed by atoms with van der Waals surface area (Å²) in [6.45, 7) is 0. The molecule has 0 spiro atoms. The first-order valence-corrected chi connectivity index (χ1v) is 3.64. The maximum atomic E-state index is 13.0. The number of hydrogen-bond acceptors (Lipinski definition) is 2. The van der Waals surface area contributed by atoms with Crippen LogP contribution in [0.4, 0.5) is 4.39 Å². The number of methoxy groups -OCH3 is 2. The first-order chi connectivity index (χ1) is 5.69. The summed E-state index contributed by atoms with van der Waals surface area (Å²) in [5, 5.41) is -0.00815. The highest BCUT2D eigenvalue weighted by molar-refractivity contribution is 6.31. The minimum atomic E-state index is -0.569. The Morgan fingerprint density at radius 2 is 1.92 bits per heavy atom. The predicted octanol–water partition coefficient (Wildman–Crippen LogP) is 2.50. The van der Waals surface area contributed by atoms with Crippen molar-refractivity contribution in [2.24, 2.45) is 0 Å². The van der Waals surface area contributed by atoms with Gasteiger partial charge in [0.2, 0.25) is 0 Å². The van der Waals surface area contributed by atoms with E-state index in [9.17, 15) is 4.39 Å². The zero-order valence-corrected chi connectivity index (χ0v) is 7.48. The normalized spacial score (nSPS) is 9.67. The number of ether oxygens (including phenoxy) is 2. The minimum Gasteiger partial charge on any atom is -0.497 e. The van der Waals surface area contributed by atoms with Crippen molar-refractivity contribution in [2.45, 2.75) is 0 Å². The highest BCUT2D eigenvalue weighted by atomic mass is 35.5. The van der Waals surface area contributed by atoms with Crippen LogP contribution in [0.3, 0.4) is 0 Å². The molecule has 0 saturated heterocycles. The summed E-state index contributed by atoms with van der Waals surface area (Å²) in [7, 11) is 2.84. The summed E-state index contributed by atoms with van der Waals surface area (Å²) in [5.41, 5.74) is 0.